The van der Waals surface area contributed by atoms with Gasteiger partial charge in [-0.1, -0.05) is 72.8 Å². The van der Waals surface area contributed by atoms with Gasteiger partial charge < -0.3 is 15.1 Å². The number of nitrogens with zero attached hydrogens (tertiary/aromatic N) is 4. The molecule has 2 aliphatic rings. The molecule has 2 fully saturated rings. The summed E-state index contributed by atoms with van der Waals surface area (Å²) < 4.78 is 13.3. The lowest BCUT2D eigenvalue weighted by Crippen LogP contribution is -2.73. The number of benzene rings is 3. The molecule has 0 bridgehead atoms. The Kier molecular flexibility index (Phi) is 6.87. The Labute approximate surface area is 214 Å². The van der Waals surface area contributed by atoms with Crippen LogP contribution in [0.5, 0.6) is 0 Å². The molecule has 0 aliphatic carbocycles. The molecule has 37 heavy (non-hydrogen) atoms. The van der Waals surface area contributed by atoms with Crippen molar-refractivity contribution in [2.24, 2.45) is 0 Å². The molecule has 3 aromatic carbocycles. The molecular formula is C28H28FN5O3. The highest BCUT2D eigenvalue weighted by atomic mass is 19.1. The predicted octanol–water partition coefficient (Wildman–Crippen LogP) is 3.14. The highest BCUT2D eigenvalue weighted by Gasteiger charge is 2.51. The number of hydrogen-bond donors (Lipinski definition) is 1. The third-order valence-electron chi connectivity index (χ3n) is 6.73. The maximum Gasteiger partial charge on any atom is 0.334 e. The minimum Gasteiger partial charge on any atom is -0.333 e. The molecule has 1 unspecified atom stereocenters. The standard InChI is InChI=1S/C28H28FN5O3/c1-31-19-25(35)33-24(34(31)28(37)30-16-20-12-14-23(29)15-13-20)18-32(17-21-8-4-2-5-9-21)27(36)26(33)22-10-6-3-7-11-22/h2-15,24,26H,16-19H2,1H3,(H,30,37)/t24?,26-/m0/s1. The van der Waals surface area contributed by atoms with E-state index in [2.05, 4.69) is 5.32 Å². The topological polar surface area (TPSA) is 76.2 Å². The molecule has 2 heterocycles. The minimum atomic E-state index is -0.850. The normalized spacial score (nSPS) is 20.1. The summed E-state index contributed by atoms with van der Waals surface area (Å²) in [4.78, 5) is 43.8. The highest BCUT2D eigenvalue weighted by molar-refractivity contribution is 5.92. The fraction of sp³-hybridized carbons (Fsp3) is 0.250. The average Bonchev–Trinajstić information content (AvgIpc) is 2.90. The first-order chi connectivity index (χ1) is 17.9. The molecule has 8 nitrogen and oxygen atoms in total. The van der Waals surface area contributed by atoms with E-state index in [-0.39, 0.29) is 37.3 Å². The van der Waals surface area contributed by atoms with Crippen molar-refractivity contribution in [3.63, 3.8) is 0 Å². The summed E-state index contributed by atoms with van der Waals surface area (Å²) in [6.07, 6.45) is -0.703. The van der Waals surface area contributed by atoms with Gasteiger partial charge in [0.1, 0.15) is 18.0 Å². The van der Waals surface area contributed by atoms with Crippen molar-refractivity contribution in [2.45, 2.75) is 25.3 Å². The van der Waals surface area contributed by atoms with Gasteiger partial charge in [0.25, 0.3) is 5.91 Å². The van der Waals surface area contributed by atoms with E-state index in [4.69, 9.17) is 0 Å². The SMILES string of the molecule is CN1CC(=O)N2C(CN(Cc3ccccc3)C(=O)[C@@H]2c2ccccc2)N1C(=O)NCc1ccc(F)cc1. The van der Waals surface area contributed by atoms with Crippen molar-refractivity contribution < 1.29 is 18.8 Å². The van der Waals surface area contributed by atoms with E-state index in [0.29, 0.717) is 12.1 Å². The molecule has 2 atom stereocenters. The molecule has 5 rings (SSSR count). The molecule has 1 N–H and O–H groups in total. The van der Waals surface area contributed by atoms with Crippen LogP contribution in [-0.2, 0) is 22.7 Å². The van der Waals surface area contributed by atoms with Crippen LogP contribution in [0.25, 0.3) is 0 Å². The van der Waals surface area contributed by atoms with Gasteiger partial charge in [-0.25, -0.2) is 19.2 Å². The van der Waals surface area contributed by atoms with Crippen LogP contribution in [0, 0.1) is 5.82 Å². The van der Waals surface area contributed by atoms with Crippen molar-refractivity contribution in [1.29, 1.82) is 0 Å². The lowest BCUT2D eigenvalue weighted by atomic mass is 9.98. The Bertz CT molecular complexity index is 1270. The second kappa shape index (κ2) is 10.4. The van der Waals surface area contributed by atoms with Crippen LogP contribution in [0.15, 0.2) is 84.9 Å². The second-order valence-electron chi connectivity index (χ2n) is 9.24. The summed E-state index contributed by atoms with van der Waals surface area (Å²) in [6.45, 7) is 0.669. The van der Waals surface area contributed by atoms with Crippen LogP contribution < -0.4 is 5.32 Å². The zero-order valence-corrected chi connectivity index (χ0v) is 20.5. The molecule has 2 aliphatic heterocycles. The summed E-state index contributed by atoms with van der Waals surface area (Å²) in [5, 5.41) is 5.97. The quantitative estimate of drug-likeness (QED) is 0.583. The van der Waals surface area contributed by atoms with E-state index in [1.54, 1.807) is 29.1 Å². The van der Waals surface area contributed by atoms with E-state index in [1.165, 1.54) is 22.0 Å². The van der Waals surface area contributed by atoms with Crippen LogP contribution in [0.2, 0.25) is 0 Å². The van der Waals surface area contributed by atoms with E-state index in [1.807, 2.05) is 60.7 Å². The van der Waals surface area contributed by atoms with Gasteiger partial charge in [-0.15, -0.1) is 0 Å². The van der Waals surface area contributed by atoms with Crippen LogP contribution in [-0.4, -0.2) is 64.0 Å². The summed E-state index contributed by atoms with van der Waals surface area (Å²) in [5.41, 5.74) is 2.40. The maximum absolute atomic E-state index is 13.8. The smallest absolute Gasteiger partial charge is 0.333 e. The number of hydrazine groups is 1. The van der Waals surface area contributed by atoms with Crippen LogP contribution in [0.1, 0.15) is 22.7 Å². The van der Waals surface area contributed by atoms with Gasteiger partial charge in [0.05, 0.1) is 13.1 Å². The van der Waals surface area contributed by atoms with Gasteiger partial charge in [-0.3, -0.25) is 9.59 Å². The number of halogens is 1. The summed E-state index contributed by atoms with van der Waals surface area (Å²) in [5.74, 6) is -0.759. The average molecular weight is 502 g/mol. The Morgan fingerprint density at radius 3 is 2.24 bits per heavy atom. The fourth-order valence-electron chi connectivity index (χ4n) is 4.96. The molecule has 4 amide bonds. The van der Waals surface area contributed by atoms with Crippen molar-refractivity contribution in [2.75, 3.05) is 20.1 Å². The molecule has 3 aromatic rings. The number of piperazine rings is 1. The van der Waals surface area contributed by atoms with Crippen molar-refractivity contribution in [1.82, 2.24) is 25.1 Å². The van der Waals surface area contributed by atoms with Crippen LogP contribution in [0.4, 0.5) is 9.18 Å². The first kappa shape index (κ1) is 24.5. The number of nitrogens with one attached hydrogen (secondary N) is 1. The van der Waals surface area contributed by atoms with E-state index >= 15 is 0 Å². The van der Waals surface area contributed by atoms with Gasteiger partial charge in [0.15, 0.2) is 0 Å². The van der Waals surface area contributed by atoms with Gasteiger partial charge in [-0.2, -0.15) is 0 Å². The molecule has 0 radical (unpaired) electrons. The zero-order chi connectivity index (χ0) is 25.9. The first-order valence-corrected chi connectivity index (χ1v) is 12.1. The summed E-state index contributed by atoms with van der Waals surface area (Å²) in [6, 6.07) is 23.5. The van der Waals surface area contributed by atoms with E-state index < -0.39 is 18.2 Å². The number of urea groups is 1. The van der Waals surface area contributed by atoms with Crippen LogP contribution >= 0.6 is 0 Å². The Balaban J connectivity index is 1.46. The lowest BCUT2D eigenvalue weighted by molar-refractivity contribution is -0.188. The molecule has 9 heteroatoms. The highest BCUT2D eigenvalue weighted by Crippen LogP contribution is 2.35. The Morgan fingerprint density at radius 1 is 0.919 bits per heavy atom. The van der Waals surface area contributed by atoms with Gasteiger partial charge in [0.2, 0.25) is 5.91 Å². The Morgan fingerprint density at radius 2 is 1.57 bits per heavy atom. The van der Waals surface area contributed by atoms with Gasteiger partial charge >= 0.3 is 6.03 Å². The third kappa shape index (κ3) is 5.03. The van der Waals surface area contributed by atoms with E-state index in [0.717, 1.165) is 11.1 Å². The van der Waals surface area contributed by atoms with Crippen molar-refractivity contribution >= 4 is 17.8 Å². The molecular weight excluding hydrogens is 473 g/mol. The molecule has 2 saturated heterocycles. The van der Waals surface area contributed by atoms with Gasteiger partial charge in [-0.05, 0) is 28.8 Å². The summed E-state index contributed by atoms with van der Waals surface area (Å²) in [7, 11) is 1.68. The molecule has 190 valence electrons. The molecule has 0 spiro atoms. The first-order valence-electron chi connectivity index (χ1n) is 12.1. The largest absolute Gasteiger partial charge is 0.334 e. The number of fused-ring (bicyclic) bond motifs is 1. The van der Waals surface area contributed by atoms with E-state index in [9.17, 15) is 18.8 Å². The monoisotopic (exact) mass is 501 g/mol. The lowest BCUT2D eigenvalue weighted by Gasteiger charge is -2.54. The second-order valence-corrected chi connectivity index (χ2v) is 9.24. The number of carbonyl (C=O) groups is 3. The number of hydrogen-bond acceptors (Lipinski definition) is 4. The number of likely N-dealkylation sites (N-methyl/N-ethyl adjacent to an activating group) is 1. The molecule has 0 aromatic heterocycles. The number of amides is 4. The number of rotatable bonds is 5. The maximum atomic E-state index is 13.8. The molecule has 0 saturated carbocycles. The van der Waals surface area contributed by atoms with Gasteiger partial charge in [0, 0.05) is 20.1 Å². The Hall–Kier alpha value is -4.24. The van der Waals surface area contributed by atoms with Crippen LogP contribution in [0.3, 0.4) is 0 Å². The number of carbonyl (C=O) groups excluding carboxylic acids is 3. The predicted molar refractivity (Wildman–Crippen MR) is 135 cm³/mol. The van der Waals surface area contributed by atoms with Crippen molar-refractivity contribution in [3.8, 4) is 0 Å². The fourth-order valence-corrected chi connectivity index (χ4v) is 4.96. The van der Waals surface area contributed by atoms with Crippen molar-refractivity contribution in [3.05, 3.63) is 107 Å². The minimum absolute atomic E-state index is 0.0459. The third-order valence-corrected chi connectivity index (χ3v) is 6.73. The summed E-state index contributed by atoms with van der Waals surface area (Å²) >= 11 is 0. The zero-order valence-electron chi connectivity index (χ0n) is 20.5.